The van der Waals surface area contributed by atoms with E-state index in [1.807, 2.05) is 0 Å². The molecule has 0 heterocycles. The summed E-state index contributed by atoms with van der Waals surface area (Å²) >= 11 is 5.27. The Bertz CT molecular complexity index is 540. The topological polar surface area (TPSA) is 50.1 Å². The van der Waals surface area contributed by atoms with Crippen molar-refractivity contribution in [2.75, 3.05) is 6.61 Å². The summed E-state index contributed by atoms with van der Waals surface area (Å²) in [7, 11) is 0. The van der Waals surface area contributed by atoms with E-state index >= 15 is 0 Å². The number of alkyl halides is 3. The summed E-state index contributed by atoms with van der Waals surface area (Å²) < 4.78 is 41.5. The van der Waals surface area contributed by atoms with E-state index in [4.69, 9.17) is 16.9 Å². The molecule has 3 nitrogen and oxygen atoms in total. The van der Waals surface area contributed by atoms with Crippen LogP contribution in [0.2, 0.25) is 5.02 Å². The van der Waals surface area contributed by atoms with Crippen LogP contribution in [0.5, 0.6) is 0 Å². The zero-order valence-electron chi connectivity index (χ0n) is 9.55. The first-order chi connectivity index (χ1) is 8.80. The summed E-state index contributed by atoms with van der Waals surface area (Å²) in [5, 5.41) is 8.50. The molecule has 0 fully saturated rings. The molecule has 1 aromatic carbocycles. The number of rotatable bonds is 3. The number of carbonyl (C=O) groups is 1. The van der Waals surface area contributed by atoms with Crippen LogP contribution in [0.4, 0.5) is 13.2 Å². The lowest BCUT2D eigenvalue weighted by Gasteiger charge is -2.10. The van der Waals surface area contributed by atoms with Gasteiger partial charge in [0.1, 0.15) is 6.07 Å². The second-order valence-electron chi connectivity index (χ2n) is 3.18. The average Bonchev–Trinajstić information content (AvgIpc) is 2.30. The number of hydrogen-bond acceptors (Lipinski definition) is 4. The molecule has 0 saturated carbocycles. The van der Waals surface area contributed by atoms with Crippen LogP contribution in [0.3, 0.4) is 0 Å². The van der Waals surface area contributed by atoms with Crippen LogP contribution < -0.4 is 0 Å². The molecule has 1 rings (SSSR count). The van der Waals surface area contributed by atoms with Crippen LogP contribution in [-0.4, -0.2) is 18.1 Å². The first kappa shape index (κ1) is 15.7. The van der Waals surface area contributed by atoms with E-state index < -0.39 is 28.3 Å². The van der Waals surface area contributed by atoms with Gasteiger partial charge in [-0.2, -0.15) is 18.4 Å². The third-order valence-electron chi connectivity index (χ3n) is 1.94. The quantitative estimate of drug-likeness (QED) is 0.625. The fourth-order valence-corrected chi connectivity index (χ4v) is 2.15. The van der Waals surface area contributed by atoms with Crippen LogP contribution >= 0.6 is 23.4 Å². The highest BCUT2D eigenvalue weighted by Crippen LogP contribution is 2.41. The molecular weight excluding hydrogens is 303 g/mol. The van der Waals surface area contributed by atoms with E-state index in [0.29, 0.717) is 0 Å². The Balaban J connectivity index is 3.24. The smallest absolute Gasteiger partial charge is 0.446 e. The van der Waals surface area contributed by atoms with Gasteiger partial charge in [-0.25, -0.2) is 4.79 Å². The molecule has 0 aromatic heterocycles. The highest BCUT2D eigenvalue weighted by molar-refractivity contribution is 8.00. The predicted octanol–water partition coefficient (Wildman–Crippen LogP) is 4.00. The first-order valence-electron chi connectivity index (χ1n) is 4.95. The molecule has 8 heteroatoms. The molecule has 102 valence electrons. The number of nitrogens with zero attached hydrogens (tertiary/aromatic N) is 1. The van der Waals surface area contributed by atoms with Gasteiger partial charge in [-0.1, -0.05) is 11.6 Å². The van der Waals surface area contributed by atoms with E-state index in [1.54, 1.807) is 13.0 Å². The SMILES string of the molecule is CCOC(=O)c1ccc(SC(F)(F)F)c(Cl)c1C#N. The molecule has 0 atom stereocenters. The van der Waals surface area contributed by atoms with Gasteiger partial charge >= 0.3 is 11.5 Å². The van der Waals surface area contributed by atoms with E-state index in [-0.39, 0.29) is 22.6 Å². The number of ether oxygens (including phenoxy) is 1. The van der Waals surface area contributed by atoms with Crippen molar-refractivity contribution in [3.8, 4) is 6.07 Å². The van der Waals surface area contributed by atoms with Gasteiger partial charge in [0.2, 0.25) is 0 Å². The average molecular weight is 310 g/mol. The minimum Gasteiger partial charge on any atom is -0.462 e. The Kier molecular flexibility index (Phi) is 5.09. The predicted molar refractivity (Wildman–Crippen MR) is 64.0 cm³/mol. The number of benzene rings is 1. The summed E-state index contributed by atoms with van der Waals surface area (Å²) in [6, 6.07) is 3.74. The fraction of sp³-hybridized carbons (Fsp3) is 0.273. The van der Waals surface area contributed by atoms with Crippen molar-refractivity contribution >= 4 is 29.3 Å². The monoisotopic (exact) mass is 309 g/mol. The lowest BCUT2D eigenvalue weighted by Crippen LogP contribution is -2.08. The van der Waals surface area contributed by atoms with Crippen LogP contribution in [0, 0.1) is 11.3 Å². The van der Waals surface area contributed by atoms with Crippen LogP contribution in [-0.2, 0) is 4.74 Å². The number of carbonyl (C=O) groups excluding carboxylic acids is 1. The summed E-state index contributed by atoms with van der Waals surface area (Å²) in [5.74, 6) is -0.801. The van der Waals surface area contributed by atoms with Gasteiger partial charge in [-0.3, -0.25) is 0 Å². The van der Waals surface area contributed by atoms with Crippen molar-refractivity contribution in [3.63, 3.8) is 0 Å². The summed E-state index contributed by atoms with van der Waals surface area (Å²) in [5.41, 5.74) is -5.00. The van der Waals surface area contributed by atoms with Crippen molar-refractivity contribution in [1.29, 1.82) is 5.26 Å². The number of hydrogen-bond donors (Lipinski definition) is 0. The molecular formula is C11H7ClF3NO2S. The molecule has 0 radical (unpaired) electrons. The second kappa shape index (κ2) is 6.17. The molecule has 1 aromatic rings. The maximum atomic E-state index is 12.3. The van der Waals surface area contributed by atoms with Gasteiger partial charge in [0.15, 0.2) is 0 Å². The first-order valence-corrected chi connectivity index (χ1v) is 6.15. The van der Waals surface area contributed by atoms with Crippen molar-refractivity contribution < 1.29 is 22.7 Å². The van der Waals surface area contributed by atoms with Crippen molar-refractivity contribution in [2.45, 2.75) is 17.3 Å². The molecule has 0 aliphatic heterocycles. The van der Waals surface area contributed by atoms with Gasteiger partial charge in [0, 0.05) is 4.90 Å². The maximum absolute atomic E-state index is 12.3. The molecule has 0 N–H and O–H groups in total. The normalized spacial score (nSPS) is 10.9. The van der Waals surface area contributed by atoms with E-state index in [2.05, 4.69) is 4.74 Å². The molecule has 19 heavy (non-hydrogen) atoms. The maximum Gasteiger partial charge on any atom is 0.446 e. The van der Waals surface area contributed by atoms with Gasteiger partial charge in [0.25, 0.3) is 0 Å². The van der Waals surface area contributed by atoms with Gasteiger partial charge in [-0.05, 0) is 30.8 Å². The standard InChI is InChI=1S/C11H7ClF3NO2S/c1-2-18-10(17)6-3-4-8(19-11(13,14)15)9(12)7(6)5-16/h3-4H,2H2,1H3. The Morgan fingerprint density at radius 2 is 2.16 bits per heavy atom. The highest BCUT2D eigenvalue weighted by atomic mass is 35.5. The molecule has 0 amide bonds. The molecule has 0 aliphatic carbocycles. The summed E-state index contributed by atoms with van der Waals surface area (Å²) in [6.07, 6.45) is 0. The van der Waals surface area contributed by atoms with E-state index in [0.717, 1.165) is 12.1 Å². The van der Waals surface area contributed by atoms with Crippen LogP contribution in [0.15, 0.2) is 17.0 Å². The molecule has 0 aliphatic rings. The van der Waals surface area contributed by atoms with Crippen LogP contribution in [0.1, 0.15) is 22.8 Å². The van der Waals surface area contributed by atoms with Crippen LogP contribution in [0.25, 0.3) is 0 Å². The fourth-order valence-electron chi connectivity index (χ4n) is 1.25. The Morgan fingerprint density at radius 3 is 2.63 bits per heavy atom. The highest BCUT2D eigenvalue weighted by Gasteiger charge is 2.31. The minimum atomic E-state index is -4.53. The third-order valence-corrected chi connectivity index (χ3v) is 3.24. The molecule has 0 saturated heterocycles. The van der Waals surface area contributed by atoms with Gasteiger partial charge in [0.05, 0.1) is 22.8 Å². The molecule has 0 unspecified atom stereocenters. The molecule has 0 bridgehead atoms. The van der Waals surface area contributed by atoms with E-state index in [9.17, 15) is 18.0 Å². The third kappa shape index (κ3) is 4.04. The molecule has 0 spiro atoms. The zero-order valence-corrected chi connectivity index (χ0v) is 11.1. The Labute approximate surface area is 116 Å². The summed E-state index contributed by atoms with van der Waals surface area (Å²) in [4.78, 5) is 11.2. The number of nitriles is 1. The van der Waals surface area contributed by atoms with Gasteiger partial charge in [-0.15, -0.1) is 0 Å². The number of halogens is 4. The van der Waals surface area contributed by atoms with E-state index in [1.165, 1.54) is 0 Å². The Morgan fingerprint density at radius 1 is 1.53 bits per heavy atom. The lowest BCUT2D eigenvalue weighted by molar-refractivity contribution is -0.0328. The second-order valence-corrected chi connectivity index (χ2v) is 4.67. The lowest BCUT2D eigenvalue weighted by atomic mass is 10.1. The van der Waals surface area contributed by atoms with Crippen molar-refractivity contribution in [3.05, 3.63) is 28.3 Å². The zero-order chi connectivity index (χ0) is 14.6. The van der Waals surface area contributed by atoms with Crippen molar-refractivity contribution in [1.82, 2.24) is 0 Å². The largest absolute Gasteiger partial charge is 0.462 e. The minimum absolute atomic E-state index is 0.0837. The number of thioether (sulfide) groups is 1. The van der Waals surface area contributed by atoms with Gasteiger partial charge < -0.3 is 4.74 Å². The summed E-state index contributed by atoms with van der Waals surface area (Å²) in [6.45, 7) is 1.65. The number of esters is 1. The van der Waals surface area contributed by atoms with Crippen molar-refractivity contribution in [2.24, 2.45) is 0 Å². The Hall–Kier alpha value is -1.39.